The van der Waals surface area contributed by atoms with Crippen molar-refractivity contribution in [3.05, 3.63) is 102 Å². The number of hydrogen-bond donors (Lipinski definition) is 0. The van der Waals surface area contributed by atoms with E-state index in [4.69, 9.17) is 9.47 Å². The maximum Gasteiger partial charge on any atom is 0.223 e. The van der Waals surface area contributed by atoms with Gasteiger partial charge in [0.2, 0.25) is 5.88 Å². The Hall–Kier alpha value is -3.66. The number of aryl methyl sites for hydroxylation is 1. The van der Waals surface area contributed by atoms with Crippen LogP contribution in [0.25, 0.3) is 11.4 Å². The van der Waals surface area contributed by atoms with Gasteiger partial charge >= 0.3 is 0 Å². The largest absolute Gasteiger partial charge is 0.497 e. The van der Waals surface area contributed by atoms with E-state index in [1.807, 2.05) is 43.3 Å². The molecule has 0 bridgehead atoms. The molecule has 0 saturated carbocycles. The number of rotatable bonds is 14. The number of methoxy groups -OCH3 is 1. The summed E-state index contributed by atoms with van der Waals surface area (Å²) in [4.78, 5) is 9.24. The normalized spacial score (nSPS) is 11.8. The second-order valence-electron chi connectivity index (χ2n) is 9.94. The number of nitrogens with zero attached hydrogens (tertiary/aromatic N) is 2. The summed E-state index contributed by atoms with van der Waals surface area (Å²) in [5.74, 6) is 3.24. The first-order chi connectivity index (χ1) is 18.7. The van der Waals surface area contributed by atoms with E-state index >= 15 is 0 Å². The van der Waals surface area contributed by atoms with E-state index in [-0.39, 0.29) is 0 Å². The molecule has 0 amide bonds. The monoisotopic (exact) mass is 508 g/mol. The van der Waals surface area contributed by atoms with Crippen molar-refractivity contribution >= 4 is 0 Å². The van der Waals surface area contributed by atoms with Crippen LogP contribution >= 0.6 is 0 Å². The minimum absolute atomic E-state index is 0.344. The molecule has 198 valence electrons. The van der Waals surface area contributed by atoms with Crippen molar-refractivity contribution in [2.75, 3.05) is 7.11 Å². The highest BCUT2D eigenvalue weighted by Gasteiger charge is 2.15. The molecule has 1 heterocycles. The molecule has 0 aliphatic carbocycles. The van der Waals surface area contributed by atoms with Crippen molar-refractivity contribution in [1.29, 1.82) is 0 Å². The van der Waals surface area contributed by atoms with Gasteiger partial charge in [0.05, 0.1) is 7.11 Å². The molecule has 0 aliphatic rings. The summed E-state index contributed by atoms with van der Waals surface area (Å²) in [7, 11) is 1.71. The van der Waals surface area contributed by atoms with Crippen LogP contribution in [0.2, 0.25) is 0 Å². The fraction of sp³-hybridized carbons (Fsp3) is 0.353. The van der Waals surface area contributed by atoms with Gasteiger partial charge < -0.3 is 9.47 Å². The molecule has 1 unspecified atom stereocenters. The van der Waals surface area contributed by atoms with Crippen LogP contribution in [0.15, 0.2) is 84.9 Å². The van der Waals surface area contributed by atoms with Crippen molar-refractivity contribution in [3.8, 4) is 28.8 Å². The maximum absolute atomic E-state index is 6.17. The minimum atomic E-state index is 0.344. The Labute approximate surface area is 228 Å². The molecule has 1 aromatic heterocycles. The van der Waals surface area contributed by atoms with Crippen LogP contribution in [-0.4, -0.2) is 17.1 Å². The van der Waals surface area contributed by atoms with Crippen LogP contribution in [0.5, 0.6) is 17.4 Å². The molecular weight excluding hydrogens is 468 g/mol. The lowest BCUT2D eigenvalue weighted by Crippen LogP contribution is -2.02. The Morgan fingerprint density at radius 3 is 1.92 bits per heavy atom. The van der Waals surface area contributed by atoms with Crippen molar-refractivity contribution < 1.29 is 9.47 Å². The highest BCUT2D eigenvalue weighted by atomic mass is 16.5. The van der Waals surface area contributed by atoms with Crippen LogP contribution in [0.1, 0.15) is 81.0 Å². The van der Waals surface area contributed by atoms with Crippen LogP contribution in [-0.2, 0) is 0 Å². The number of unbranched alkanes of at least 4 members (excludes halogenated alkanes) is 6. The summed E-state index contributed by atoms with van der Waals surface area (Å²) in [6, 6.07) is 28.9. The molecule has 0 N–H and O–H groups in total. The van der Waals surface area contributed by atoms with Gasteiger partial charge in [0.25, 0.3) is 0 Å². The smallest absolute Gasteiger partial charge is 0.223 e. The Bertz CT molecular complexity index is 1240. The number of aromatic nitrogens is 2. The van der Waals surface area contributed by atoms with Gasteiger partial charge in [0, 0.05) is 23.2 Å². The highest BCUT2D eigenvalue weighted by Crippen LogP contribution is 2.33. The van der Waals surface area contributed by atoms with Crippen molar-refractivity contribution in [3.63, 3.8) is 0 Å². The molecular formula is C34H40N2O2. The molecule has 4 aromatic rings. The zero-order valence-corrected chi connectivity index (χ0v) is 23.0. The van der Waals surface area contributed by atoms with E-state index < -0.39 is 0 Å². The Morgan fingerprint density at radius 2 is 1.29 bits per heavy atom. The van der Waals surface area contributed by atoms with E-state index in [0.717, 1.165) is 29.2 Å². The standard InChI is InChI=1S/C34H40N2O2/c1-4-5-6-7-8-9-13-16-32(27-17-21-30(37-3)22-18-27)28-19-23-31(24-20-28)38-33-25-26(2)35-34(36-33)29-14-11-10-12-15-29/h10-12,14-15,17-25,32H,4-9,13,16H2,1-3H3. The fourth-order valence-electron chi connectivity index (χ4n) is 4.86. The van der Waals surface area contributed by atoms with E-state index in [1.165, 1.54) is 56.1 Å². The first-order valence-corrected chi connectivity index (χ1v) is 14.0. The number of benzene rings is 3. The average molecular weight is 509 g/mol. The summed E-state index contributed by atoms with van der Waals surface area (Å²) < 4.78 is 11.6. The van der Waals surface area contributed by atoms with Gasteiger partial charge in [-0.15, -0.1) is 0 Å². The summed E-state index contributed by atoms with van der Waals surface area (Å²) in [6.07, 6.45) is 10.3. The molecule has 0 spiro atoms. The van der Waals surface area contributed by atoms with E-state index in [9.17, 15) is 0 Å². The van der Waals surface area contributed by atoms with Gasteiger partial charge in [-0.2, -0.15) is 4.98 Å². The van der Waals surface area contributed by atoms with Gasteiger partial charge in [-0.05, 0) is 48.7 Å². The zero-order valence-electron chi connectivity index (χ0n) is 23.0. The summed E-state index contributed by atoms with van der Waals surface area (Å²) in [6.45, 7) is 4.24. The van der Waals surface area contributed by atoms with Crippen molar-refractivity contribution in [2.45, 2.75) is 71.1 Å². The van der Waals surface area contributed by atoms with Crippen molar-refractivity contribution in [2.24, 2.45) is 0 Å². The maximum atomic E-state index is 6.17. The molecule has 4 heteroatoms. The summed E-state index contributed by atoms with van der Waals surface area (Å²) in [5, 5.41) is 0. The lowest BCUT2D eigenvalue weighted by molar-refractivity contribution is 0.414. The van der Waals surface area contributed by atoms with Gasteiger partial charge in [0.1, 0.15) is 11.5 Å². The zero-order chi connectivity index (χ0) is 26.6. The van der Waals surface area contributed by atoms with E-state index in [2.05, 4.69) is 65.4 Å². The third-order valence-electron chi connectivity index (χ3n) is 6.98. The molecule has 0 aliphatic heterocycles. The van der Waals surface area contributed by atoms with Gasteiger partial charge in [-0.3, -0.25) is 0 Å². The minimum Gasteiger partial charge on any atom is -0.497 e. The average Bonchev–Trinajstić information content (AvgIpc) is 2.95. The Morgan fingerprint density at radius 1 is 0.684 bits per heavy atom. The third kappa shape index (κ3) is 7.92. The first-order valence-electron chi connectivity index (χ1n) is 14.0. The van der Waals surface area contributed by atoms with Crippen molar-refractivity contribution in [1.82, 2.24) is 9.97 Å². The Balaban J connectivity index is 1.46. The lowest BCUT2D eigenvalue weighted by atomic mass is 9.86. The SMILES string of the molecule is CCCCCCCCCC(c1ccc(OC)cc1)c1ccc(Oc2cc(C)nc(-c3ccccc3)n2)cc1. The number of ether oxygens (including phenoxy) is 2. The van der Waals surface area contributed by atoms with Crippen LogP contribution in [0.3, 0.4) is 0 Å². The van der Waals surface area contributed by atoms with Gasteiger partial charge in [-0.25, -0.2) is 4.98 Å². The third-order valence-corrected chi connectivity index (χ3v) is 6.98. The number of hydrogen-bond acceptors (Lipinski definition) is 4. The van der Waals surface area contributed by atoms with E-state index in [1.54, 1.807) is 7.11 Å². The first kappa shape index (κ1) is 27.4. The molecule has 3 aromatic carbocycles. The topological polar surface area (TPSA) is 44.2 Å². The molecule has 4 rings (SSSR count). The van der Waals surface area contributed by atoms with E-state index in [0.29, 0.717) is 17.6 Å². The molecule has 1 atom stereocenters. The second kappa shape index (κ2) is 14.3. The highest BCUT2D eigenvalue weighted by molar-refractivity contribution is 5.55. The van der Waals surface area contributed by atoms with Crippen LogP contribution in [0, 0.1) is 6.92 Å². The molecule has 38 heavy (non-hydrogen) atoms. The molecule has 4 nitrogen and oxygen atoms in total. The lowest BCUT2D eigenvalue weighted by Gasteiger charge is -2.19. The molecule has 0 radical (unpaired) electrons. The quantitative estimate of drug-likeness (QED) is 0.159. The Kier molecular flexibility index (Phi) is 10.3. The van der Waals surface area contributed by atoms with Crippen LogP contribution < -0.4 is 9.47 Å². The summed E-state index contributed by atoms with van der Waals surface area (Å²) >= 11 is 0. The summed E-state index contributed by atoms with van der Waals surface area (Å²) in [5.41, 5.74) is 4.48. The molecule has 0 fully saturated rings. The predicted molar refractivity (Wildman–Crippen MR) is 156 cm³/mol. The molecule has 0 saturated heterocycles. The second-order valence-corrected chi connectivity index (χ2v) is 9.94. The fourth-order valence-corrected chi connectivity index (χ4v) is 4.86. The van der Waals surface area contributed by atoms with Gasteiger partial charge in [0.15, 0.2) is 5.82 Å². The predicted octanol–water partition coefficient (Wildman–Crippen LogP) is 9.53. The van der Waals surface area contributed by atoms with Crippen LogP contribution in [0.4, 0.5) is 0 Å². The van der Waals surface area contributed by atoms with Gasteiger partial charge in [-0.1, -0.05) is 106 Å².